The summed E-state index contributed by atoms with van der Waals surface area (Å²) in [5.74, 6) is -0.401. The van der Waals surface area contributed by atoms with Crippen molar-refractivity contribution in [2.75, 3.05) is 17.2 Å². The number of urea groups is 1. The van der Waals surface area contributed by atoms with Crippen LogP contribution in [0, 0.1) is 0 Å². The van der Waals surface area contributed by atoms with Crippen molar-refractivity contribution in [3.05, 3.63) is 81.8 Å². The molecule has 8 nitrogen and oxygen atoms in total. The zero-order valence-electron chi connectivity index (χ0n) is 18.6. The van der Waals surface area contributed by atoms with E-state index in [0.717, 1.165) is 0 Å². The molecule has 9 heteroatoms. The molecule has 1 aliphatic carbocycles. The second-order valence-corrected chi connectivity index (χ2v) is 8.10. The van der Waals surface area contributed by atoms with Gasteiger partial charge in [0.2, 0.25) is 0 Å². The average Bonchev–Trinajstić information content (AvgIpc) is 3.59. The van der Waals surface area contributed by atoms with Gasteiger partial charge in [-0.3, -0.25) is 9.59 Å². The quantitative estimate of drug-likeness (QED) is 0.364. The number of carbonyl (C=O) groups is 2. The highest BCUT2D eigenvalue weighted by Crippen LogP contribution is 2.49. The van der Waals surface area contributed by atoms with Crippen LogP contribution in [0.2, 0.25) is 0 Å². The number of halogens is 1. The molecule has 3 amide bonds. The van der Waals surface area contributed by atoms with E-state index < -0.39 is 23.2 Å². The molecule has 1 aromatic heterocycles. The summed E-state index contributed by atoms with van der Waals surface area (Å²) in [6.45, 7) is 1.77. The fourth-order valence-corrected chi connectivity index (χ4v) is 3.72. The molecule has 0 saturated heterocycles. The van der Waals surface area contributed by atoms with E-state index in [1.54, 1.807) is 49.4 Å². The number of anilines is 2. The minimum atomic E-state index is -1.27. The minimum Gasteiger partial charge on any atom is -0.392 e. The van der Waals surface area contributed by atoms with Crippen LogP contribution >= 0.6 is 0 Å². The Bertz CT molecular complexity index is 1280. The lowest BCUT2D eigenvalue weighted by Gasteiger charge is -2.15. The van der Waals surface area contributed by atoms with Crippen LogP contribution in [0.15, 0.2) is 59.5 Å². The molecule has 2 aromatic carbocycles. The molecular formula is C25H25FN4O4. The van der Waals surface area contributed by atoms with Gasteiger partial charge < -0.3 is 26.0 Å². The lowest BCUT2D eigenvalue weighted by molar-refractivity contribution is 0.102. The number of aromatic nitrogens is 1. The molecule has 5 N–H and O–H groups in total. The van der Waals surface area contributed by atoms with Crippen LogP contribution in [0.5, 0.6) is 0 Å². The summed E-state index contributed by atoms with van der Waals surface area (Å²) in [5, 5.41) is 17.9. The second-order valence-electron chi connectivity index (χ2n) is 8.10. The molecule has 0 aliphatic heterocycles. The molecule has 0 radical (unpaired) electrons. The maximum atomic E-state index is 14.2. The third kappa shape index (κ3) is 4.84. The smallest absolute Gasteiger partial charge is 0.319 e. The van der Waals surface area contributed by atoms with Gasteiger partial charge in [0.05, 0.1) is 6.61 Å². The minimum absolute atomic E-state index is 0.0446. The predicted molar refractivity (Wildman–Crippen MR) is 128 cm³/mol. The SMILES string of the molecule is CCNC(=O)Nc1cc(-c2cccc(NC(=O)c3ccc(C4(F)CC4)cc3)c2CO)c[nH]c1=O. The van der Waals surface area contributed by atoms with E-state index in [1.165, 1.54) is 12.3 Å². The number of carbonyl (C=O) groups excluding carboxylic acids is 2. The highest BCUT2D eigenvalue weighted by molar-refractivity contribution is 6.05. The highest BCUT2D eigenvalue weighted by Gasteiger charge is 2.44. The fourth-order valence-electron chi connectivity index (χ4n) is 3.72. The molecule has 4 rings (SSSR count). The van der Waals surface area contributed by atoms with Gasteiger partial charge in [0.25, 0.3) is 11.5 Å². The number of alkyl halides is 1. The molecular weight excluding hydrogens is 439 g/mol. The van der Waals surface area contributed by atoms with Gasteiger partial charge in [-0.2, -0.15) is 0 Å². The van der Waals surface area contributed by atoms with Crippen molar-refractivity contribution in [1.29, 1.82) is 0 Å². The number of aromatic amines is 1. The zero-order valence-corrected chi connectivity index (χ0v) is 18.6. The number of H-pyrrole nitrogens is 1. The number of aliphatic hydroxyl groups excluding tert-OH is 1. The number of hydrogen-bond acceptors (Lipinski definition) is 4. The third-order valence-corrected chi connectivity index (χ3v) is 5.74. The van der Waals surface area contributed by atoms with E-state index in [1.807, 2.05) is 0 Å². The topological polar surface area (TPSA) is 123 Å². The molecule has 176 valence electrons. The van der Waals surface area contributed by atoms with Crippen molar-refractivity contribution in [2.45, 2.75) is 32.0 Å². The molecule has 34 heavy (non-hydrogen) atoms. The van der Waals surface area contributed by atoms with E-state index in [4.69, 9.17) is 0 Å². The normalized spacial score (nSPS) is 13.7. The van der Waals surface area contributed by atoms with Gasteiger partial charge in [0.15, 0.2) is 0 Å². The molecule has 0 atom stereocenters. The van der Waals surface area contributed by atoms with E-state index in [9.17, 15) is 23.9 Å². The Morgan fingerprint density at radius 2 is 1.82 bits per heavy atom. The van der Waals surface area contributed by atoms with Gasteiger partial charge in [-0.1, -0.05) is 24.3 Å². The Balaban J connectivity index is 1.60. The van der Waals surface area contributed by atoms with Crippen molar-refractivity contribution in [2.24, 2.45) is 0 Å². The number of hydrogen-bond donors (Lipinski definition) is 5. The summed E-state index contributed by atoms with van der Waals surface area (Å²) in [5.41, 5.74) is 1.16. The third-order valence-electron chi connectivity index (χ3n) is 5.74. The fraction of sp³-hybridized carbons (Fsp3) is 0.240. The van der Waals surface area contributed by atoms with Crippen molar-refractivity contribution in [3.63, 3.8) is 0 Å². The van der Waals surface area contributed by atoms with E-state index in [0.29, 0.717) is 52.9 Å². The summed E-state index contributed by atoms with van der Waals surface area (Å²) in [4.78, 5) is 39.3. The summed E-state index contributed by atoms with van der Waals surface area (Å²) in [7, 11) is 0. The van der Waals surface area contributed by atoms with Gasteiger partial charge >= 0.3 is 6.03 Å². The standard InChI is InChI=1S/C25H25FN4O4/c1-2-27-24(34)30-21-12-16(13-28-23(21)33)18-4-3-5-20(19(18)14-31)29-22(32)15-6-8-17(9-7-15)25(26)10-11-25/h3-9,12-13,31H,2,10-11,14H2,1H3,(H,28,33)(H,29,32)(H2,27,30,34). The molecule has 1 aliphatic rings. The van der Waals surface area contributed by atoms with Crippen LogP contribution in [0.4, 0.5) is 20.6 Å². The Morgan fingerprint density at radius 3 is 2.47 bits per heavy atom. The Kier molecular flexibility index (Phi) is 6.47. The molecule has 3 aromatic rings. The first-order chi connectivity index (χ1) is 16.3. The highest BCUT2D eigenvalue weighted by atomic mass is 19.1. The first-order valence-electron chi connectivity index (χ1n) is 11.0. The van der Waals surface area contributed by atoms with Gasteiger partial charge in [0.1, 0.15) is 11.4 Å². The monoisotopic (exact) mass is 464 g/mol. The van der Waals surface area contributed by atoms with Crippen LogP contribution < -0.4 is 21.5 Å². The summed E-state index contributed by atoms with van der Waals surface area (Å²) in [6.07, 6.45) is 2.46. The maximum Gasteiger partial charge on any atom is 0.319 e. The van der Waals surface area contributed by atoms with E-state index in [2.05, 4.69) is 20.9 Å². The lowest BCUT2D eigenvalue weighted by atomic mass is 9.99. The van der Waals surface area contributed by atoms with Crippen LogP contribution in [-0.4, -0.2) is 28.6 Å². The van der Waals surface area contributed by atoms with Gasteiger partial charge in [-0.05, 0) is 55.2 Å². The summed E-state index contributed by atoms with van der Waals surface area (Å²) in [6, 6.07) is 12.5. The number of benzene rings is 2. The van der Waals surface area contributed by atoms with Gasteiger partial charge in [-0.15, -0.1) is 0 Å². The van der Waals surface area contributed by atoms with Crippen molar-refractivity contribution >= 4 is 23.3 Å². The first-order valence-corrected chi connectivity index (χ1v) is 11.0. The Morgan fingerprint density at radius 1 is 1.09 bits per heavy atom. The molecule has 0 unspecified atom stereocenters. The Hall–Kier alpha value is -3.98. The summed E-state index contributed by atoms with van der Waals surface area (Å²) < 4.78 is 14.2. The number of pyridine rings is 1. The molecule has 0 bridgehead atoms. The maximum absolute atomic E-state index is 14.2. The van der Waals surface area contributed by atoms with E-state index in [-0.39, 0.29) is 12.3 Å². The molecule has 1 heterocycles. The van der Waals surface area contributed by atoms with Crippen molar-refractivity contribution in [1.82, 2.24) is 10.3 Å². The number of nitrogens with one attached hydrogen (secondary N) is 4. The van der Waals surface area contributed by atoms with Gasteiger partial charge in [0, 0.05) is 35.1 Å². The largest absolute Gasteiger partial charge is 0.392 e. The van der Waals surface area contributed by atoms with Gasteiger partial charge in [-0.25, -0.2) is 9.18 Å². The molecule has 1 saturated carbocycles. The van der Waals surface area contributed by atoms with Crippen LogP contribution in [0.1, 0.15) is 41.3 Å². The predicted octanol–water partition coefficient (Wildman–Crippen LogP) is 3.89. The average molecular weight is 464 g/mol. The zero-order chi connectivity index (χ0) is 24.3. The molecule has 1 fully saturated rings. The van der Waals surface area contributed by atoms with E-state index >= 15 is 0 Å². The van der Waals surface area contributed by atoms with Crippen molar-refractivity contribution < 1.29 is 19.1 Å². The van der Waals surface area contributed by atoms with Crippen molar-refractivity contribution in [3.8, 4) is 11.1 Å². The first kappa shape index (κ1) is 23.2. The van der Waals surface area contributed by atoms with Crippen LogP contribution in [-0.2, 0) is 12.3 Å². The summed E-state index contributed by atoms with van der Waals surface area (Å²) >= 11 is 0. The number of amides is 3. The van der Waals surface area contributed by atoms with Crippen LogP contribution in [0.25, 0.3) is 11.1 Å². The van der Waals surface area contributed by atoms with Crippen LogP contribution in [0.3, 0.4) is 0 Å². The lowest BCUT2D eigenvalue weighted by Crippen LogP contribution is -2.30. The molecule has 0 spiro atoms. The number of aliphatic hydroxyl groups is 1. The Labute approximate surface area is 195 Å². The number of rotatable bonds is 7. The second kappa shape index (κ2) is 9.48.